The number of carbonyl (C=O) groups is 1. The highest BCUT2D eigenvalue weighted by Gasteiger charge is 2.23. The van der Waals surface area contributed by atoms with Crippen LogP contribution in [0.15, 0.2) is 41.0 Å². The number of nitrogens with zero attached hydrogens (tertiary/aromatic N) is 1. The molecule has 0 spiro atoms. The van der Waals surface area contributed by atoms with Crippen molar-refractivity contribution in [1.82, 2.24) is 15.5 Å². The van der Waals surface area contributed by atoms with Crippen molar-refractivity contribution in [3.8, 4) is 5.75 Å². The molecule has 2 amide bonds. The minimum absolute atomic E-state index is 0.0167. The van der Waals surface area contributed by atoms with Crippen molar-refractivity contribution < 1.29 is 13.9 Å². The number of aryl methyl sites for hydroxylation is 1. The Balaban J connectivity index is 1.50. The molecule has 28 heavy (non-hydrogen) atoms. The number of benzene rings is 1. The summed E-state index contributed by atoms with van der Waals surface area (Å²) in [5.41, 5.74) is 2.08. The third-order valence-electron chi connectivity index (χ3n) is 5.33. The molecule has 1 atom stereocenters. The maximum atomic E-state index is 12.4. The van der Waals surface area contributed by atoms with Gasteiger partial charge in [0.1, 0.15) is 18.1 Å². The lowest BCUT2D eigenvalue weighted by Gasteiger charge is -2.23. The fraction of sp³-hybridized carbons (Fsp3) is 0.500. The monoisotopic (exact) mass is 385 g/mol. The minimum atomic E-state index is -0.169. The van der Waals surface area contributed by atoms with E-state index in [1.165, 1.54) is 0 Å². The topological polar surface area (TPSA) is 66.7 Å². The van der Waals surface area contributed by atoms with Crippen LogP contribution in [-0.4, -0.2) is 37.2 Å². The molecule has 0 saturated carbocycles. The second kappa shape index (κ2) is 10.2. The maximum Gasteiger partial charge on any atom is 0.315 e. The summed E-state index contributed by atoms with van der Waals surface area (Å²) < 4.78 is 11.5. The van der Waals surface area contributed by atoms with Crippen molar-refractivity contribution >= 4 is 6.03 Å². The summed E-state index contributed by atoms with van der Waals surface area (Å²) in [7, 11) is 0. The van der Waals surface area contributed by atoms with Gasteiger partial charge in [-0.2, -0.15) is 0 Å². The standard InChI is InChI=1S/C22H31N3O3/c1-3-25(4-2)13-15-28-20-10-6-5-8-17(20)16-23-22(26)24-19-9-7-11-21-18(19)12-14-27-21/h5-6,8,10,12,14,19H,3-4,7,9,11,13,15-16H2,1-2H3,(H2,23,24,26). The van der Waals surface area contributed by atoms with Crippen molar-refractivity contribution in [3.05, 3.63) is 53.5 Å². The van der Waals surface area contributed by atoms with Crippen LogP contribution in [0.5, 0.6) is 5.75 Å². The summed E-state index contributed by atoms with van der Waals surface area (Å²) in [6, 6.07) is 9.67. The van der Waals surface area contributed by atoms with Gasteiger partial charge < -0.3 is 24.7 Å². The Bertz CT molecular complexity index is 755. The molecule has 2 N–H and O–H groups in total. The van der Waals surface area contributed by atoms with E-state index in [0.717, 1.165) is 61.5 Å². The minimum Gasteiger partial charge on any atom is -0.492 e. The first-order chi connectivity index (χ1) is 13.7. The molecule has 0 aliphatic heterocycles. The Hall–Kier alpha value is -2.47. The van der Waals surface area contributed by atoms with Crippen LogP contribution in [0, 0.1) is 0 Å². The Morgan fingerprint density at radius 2 is 2.07 bits per heavy atom. The Morgan fingerprint density at radius 1 is 1.25 bits per heavy atom. The van der Waals surface area contributed by atoms with Crippen LogP contribution in [0.3, 0.4) is 0 Å². The van der Waals surface area contributed by atoms with Gasteiger partial charge in [0.25, 0.3) is 0 Å². The molecule has 1 aromatic carbocycles. The number of rotatable bonds is 9. The number of ether oxygens (including phenoxy) is 1. The van der Waals surface area contributed by atoms with Crippen LogP contribution in [-0.2, 0) is 13.0 Å². The number of fused-ring (bicyclic) bond motifs is 1. The molecule has 1 heterocycles. The van der Waals surface area contributed by atoms with E-state index in [1.54, 1.807) is 6.26 Å². The van der Waals surface area contributed by atoms with E-state index >= 15 is 0 Å². The number of nitrogens with one attached hydrogen (secondary N) is 2. The smallest absolute Gasteiger partial charge is 0.315 e. The number of furan rings is 1. The van der Waals surface area contributed by atoms with Gasteiger partial charge in [-0.1, -0.05) is 32.0 Å². The highest BCUT2D eigenvalue weighted by molar-refractivity contribution is 5.74. The lowest BCUT2D eigenvalue weighted by molar-refractivity contribution is 0.221. The zero-order chi connectivity index (χ0) is 19.8. The van der Waals surface area contributed by atoms with Crippen molar-refractivity contribution in [2.75, 3.05) is 26.2 Å². The first-order valence-electron chi connectivity index (χ1n) is 10.2. The predicted molar refractivity (Wildman–Crippen MR) is 109 cm³/mol. The highest BCUT2D eigenvalue weighted by Crippen LogP contribution is 2.30. The Morgan fingerprint density at radius 3 is 2.89 bits per heavy atom. The van der Waals surface area contributed by atoms with E-state index in [4.69, 9.17) is 9.15 Å². The van der Waals surface area contributed by atoms with Crippen LogP contribution >= 0.6 is 0 Å². The van der Waals surface area contributed by atoms with Gasteiger partial charge in [0, 0.05) is 30.6 Å². The number of amides is 2. The number of carbonyl (C=O) groups excluding carboxylic acids is 1. The van der Waals surface area contributed by atoms with E-state index < -0.39 is 0 Å². The molecule has 0 radical (unpaired) electrons. The van der Waals surface area contributed by atoms with Crippen LogP contribution in [0.2, 0.25) is 0 Å². The van der Waals surface area contributed by atoms with Gasteiger partial charge >= 0.3 is 6.03 Å². The molecule has 6 nitrogen and oxygen atoms in total. The van der Waals surface area contributed by atoms with E-state index in [9.17, 15) is 4.79 Å². The molecular weight excluding hydrogens is 354 g/mol. The van der Waals surface area contributed by atoms with Gasteiger partial charge in [-0.15, -0.1) is 0 Å². The van der Waals surface area contributed by atoms with Crippen molar-refractivity contribution in [2.24, 2.45) is 0 Å². The molecule has 0 saturated heterocycles. The summed E-state index contributed by atoms with van der Waals surface area (Å²) in [6.45, 7) is 8.29. The molecule has 2 aromatic rings. The van der Waals surface area contributed by atoms with Gasteiger partial charge in [0.15, 0.2) is 0 Å². The zero-order valence-electron chi connectivity index (χ0n) is 16.9. The SMILES string of the molecule is CCN(CC)CCOc1ccccc1CNC(=O)NC1CCCc2occc21. The molecule has 1 aliphatic carbocycles. The first kappa shape index (κ1) is 20.3. The Labute approximate surface area is 167 Å². The molecule has 6 heteroatoms. The van der Waals surface area contributed by atoms with Gasteiger partial charge in [0.2, 0.25) is 0 Å². The van der Waals surface area contributed by atoms with E-state index in [2.05, 4.69) is 29.4 Å². The van der Waals surface area contributed by atoms with E-state index in [-0.39, 0.29) is 12.1 Å². The number of hydrogen-bond donors (Lipinski definition) is 2. The number of para-hydroxylation sites is 1. The second-order valence-corrected chi connectivity index (χ2v) is 7.05. The van der Waals surface area contributed by atoms with Crippen LogP contribution in [0.4, 0.5) is 4.79 Å². The van der Waals surface area contributed by atoms with Gasteiger partial charge in [-0.3, -0.25) is 0 Å². The van der Waals surface area contributed by atoms with Crippen molar-refractivity contribution in [3.63, 3.8) is 0 Å². The molecule has 0 bridgehead atoms. The average Bonchev–Trinajstić information content (AvgIpc) is 3.20. The first-order valence-corrected chi connectivity index (χ1v) is 10.2. The number of likely N-dealkylation sites (N-methyl/N-ethyl adjacent to an activating group) is 1. The summed E-state index contributed by atoms with van der Waals surface area (Å²) in [5, 5.41) is 6.03. The maximum absolute atomic E-state index is 12.4. The normalized spacial score (nSPS) is 15.9. The van der Waals surface area contributed by atoms with Crippen LogP contribution in [0.1, 0.15) is 49.6 Å². The third-order valence-corrected chi connectivity index (χ3v) is 5.33. The Kier molecular flexibility index (Phi) is 7.37. The lowest BCUT2D eigenvalue weighted by Crippen LogP contribution is -2.38. The van der Waals surface area contributed by atoms with Gasteiger partial charge in [-0.25, -0.2) is 4.79 Å². The summed E-state index contributed by atoms with van der Waals surface area (Å²) in [6.07, 6.45) is 4.61. The second-order valence-electron chi connectivity index (χ2n) is 7.05. The van der Waals surface area contributed by atoms with E-state index in [1.807, 2.05) is 30.3 Å². The summed E-state index contributed by atoms with van der Waals surface area (Å²) in [4.78, 5) is 14.7. The fourth-order valence-electron chi connectivity index (χ4n) is 3.64. The zero-order valence-corrected chi connectivity index (χ0v) is 16.9. The van der Waals surface area contributed by atoms with Crippen molar-refractivity contribution in [1.29, 1.82) is 0 Å². The number of urea groups is 1. The molecule has 1 aromatic heterocycles. The van der Waals surface area contributed by atoms with E-state index in [0.29, 0.717) is 13.2 Å². The van der Waals surface area contributed by atoms with Gasteiger partial charge in [0.05, 0.1) is 12.3 Å². The quantitative estimate of drug-likeness (QED) is 0.687. The van der Waals surface area contributed by atoms with Crippen molar-refractivity contribution in [2.45, 2.75) is 45.7 Å². The van der Waals surface area contributed by atoms with Crippen LogP contribution in [0.25, 0.3) is 0 Å². The molecule has 152 valence electrons. The molecule has 3 rings (SSSR count). The molecule has 0 fully saturated rings. The molecular formula is C22H31N3O3. The fourth-order valence-corrected chi connectivity index (χ4v) is 3.64. The largest absolute Gasteiger partial charge is 0.492 e. The predicted octanol–water partition coefficient (Wildman–Crippen LogP) is 3.88. The lowest BCUT2D eigenvalue weighted by atomic mass is 9.93. The number of hydrogen-bond acceptors (Lipinski definition) is 4. The average molecular weight is 386 g/mol. The summed E-state index contributed by atoms with van der Waals surface area (Å²) >= 11 is 0. The van der Waals surface area contributed by atoms with Gasteiger partial charge in [-0.05, 0) is 38.1 Å². The molecule has 1 aliphatic rings. The third kappa shape index (κ3) is 5.29. The highest BCUT2D eigenvalue weighted by atomic mass is 16.5. The summed E-state index contributed by atoms with van der Waals surface area (Å²) in [5.74, 6) is 1.81. The molecule has 1 unspecified atom stereocenters. The van der Waals surface area contributed by atoms with Crippen LogP contribution < -0.4 is 15.4 Å².